The molecular weight excluding hydrogens is 364 g/mol. The van der Waals surface area contributed by atoms with Gasteiger partial charge in [0.25, 0.3) is 0 Å². The van der Waals surface area contributed by atoms with Crippen LogP contribution < -0.4 is 10.6 Å². The zero-order valence-corrected chi connectivity index (χ0v) is 17.4. The highest BCUT2D eigenvalue weighted by Gasteiger charge is 1.97. The normalized spacial score (nSPS) is 10.9. The van der Waals surface area contributed by atoms with Gasteiger partial charge in [0, 0.05) is 22.7 Å². The van der Waals surface area contributed by atoms with E-state index in [4.69, 9.17) is 0 Å². The fourth-order valence-corrected chi connectivity index (χ4v) is 3.15. The average Bonchev–Trinajstić information content (AvgIpc) is 2.77. The first-order valence-electron chi connectivity index (χ1n) is 10.2. The van der Waals surface area contributed by atoms with Crippen LogP contribution in [0.1, 0.15) is 22.3 Å². The molecule has 0 fully saturated rings. The second-order valence-electron chi connectivity index (χ2n) is 7.56. The summed E-state index contributed by atoms with van der Waals surface area (Å²) in [6.07, 6.45) is 4.27. The molecule has 148 valence electrons. The van der Waals surface area contributed by atoms with Gasteiger partial charge in [0.15, 0.2) is 0 Å². The average molecular weight is 391 g/mol. The van der Waals surface area contributed by atoms with E-state index >= 15 is 0 Å². The third-order valence-corrected chi connectivity index (χ3v) is 4.97. The monoisotopic (exact) mass is 390 g/mol. The first-order chi connectivity index (χ1) is 14.6. The third kappa shape index (κ3) is 5.39. The molecule has 0 unspecified atom stereocenters. The summed E-state index contributed by atoms with van der Waals surface area (Å²) in [5.74, 6) is 0. The van der Waals surface area contributed by atoms with Crippen molar-refractivity contribution in [3.8, 4) is 0 Å². The quantitative estimate of drug-likeness (QED) is 0.326. The molecule has 2 heteroatoms. The van der Waals surface area contributed by atoms with Gasteiger partial charge in [-0.1, -0.05) is 71.8 Å². The maximum absolute atomic E-state index is 3.43. The molecule has 0 aliphatic carbocycles. The maximum Gasteiger partial charge on any atom is 0.0384 e. The molecule has 0 bridgehead atoms. The number of hydrogen-bond donors (Lipinski definition) is 2. The second kappa shape index (κ2) is 9.15. The summed E-state index contributed by atoms with van der Waals surface area (Å²) in [5, 5.41) is 6.86. The molecule has 2 N–H and O–H groups in total. The van der Waals surface area contributed by atoms with Crippen LogP contribution in [0.5, 0.6) is 0 Å². The summed E-state index contributed by atoms with van der Waals surface area (Å²) >= 11 is 0. The molecule has 30 heavy (non-hydrogen) atoms. The smallest absolute Gasteiger partial charge is 0.0384 e. The van der Waals surface area contributed by atoms with Gasteiger partial charge < -0.3 is 10.6 Å². The van der Waals surface area contributed by atoms with Crippen LogP contribution in [-0.2, 0) is 0 Å². The maximum atomic E-state index is 3.43. The van der Waals surface area contributed by atoms with Gasteiger partial charge in [-0.3, -0.25) is 0 Å². The van der Waals surface area contributed by atoms with E-state index in [2.05, 4.69) is 134 Å². The van der Waals surface area contributed by atoms with Gasteiger partial charge in [-0.25, -0.2) is 0 Å². The van der Waals surface area contributed by atoms with Crippen molar-refractivity contribution in [2.24, 2.45) is 0 Å². The predicted molar refractivity (Wildman–Crippen MR) is 131 cm³/mol. The Hall–Kier alpha value is -3.78. The summed E-state index contributed by atoms with van der Waals surface area (Å²) in [6, 6.07) is 33.8. The molecule has 0 radical (unpaired) electrons. The van der Waals surface area contributed by atoms with Crippen LogP contribution in [-0.4, -0.2) is 0 Å². The first kappa shape index (κ1) is 19.5. The summed E-state index contributed by atoms with van der Waals surface area (Å²) in [6.45, 7) is 4.19. The molecule has 0 aliphatic rings. The van der Waals surface area contributed by atoms with Gasteiger partial charge in [-0.2, -0.15) is 0 Å². The van der Waals surface area contributed by atoms with E-state index in [-0.39, 0.29) is 0 Å². The van der Waals surface area contributed by atoms with E-state index in [1.807, 2.05) is 0 Å². The standard InChI is InChI=1S/C28H26N2/c1-21-3-13-25(14-4-21)29-27-17-9-23(10-18-27)7-8-24-11-19-28(20-12-24)30-26-15-5-22(2)6-16-26/h3-20,29-30H,1-2H3/b8-7+. The number of anilines is 4. The Morgan fingerprint density at radius 2 is 0.667 bits per heavy atom. The highest BCUT2D eigenvalue weighted by atomic mass is 14.9. The SMILES string of the molecule is Cc1ccc(Nc2ccc(/C=C/c3ccc(Nc4ccc(C)cc4)cc3)cc2)cc1. The van der Waals surface area contributed by atoms with Crippen molar-refractivity contribution in [1.82, 2.24) is 0 Å². The van der Waals surface area contributed by atoms with Crippen LogP contribution in [0, 0.1) is 13.8 Å². The number of hydrogen-bond acceptors (Lipinski definition) is 2. The Labute approximate surface area is 178 Å². The predicted octanol–water partition coefficient (Wildman–Crippen LogP) is 7.96. The van der Waals surface area contributed by atoms with Crippen molar-refractivity contribution in [2.45, 2.75) is 13.8 Å². The molecule has 4 aromatic carbocycles. The molecular formula is C28H26N2. The van der Waals surface area contributed by atoms with Crippen molar-refractivity contribution in [3.05, 3.63) is 119 Å². The lowest BCUT2D eigenvalue weighted by Crippen LogP contribution is -1.90. The summed E-state index contributed by atoms with van der Waals surface area (Å²) in [7, 11) is 0. The third-order valence-electron chi connectivity index (χ3n) is 4.97. The second-order valence-corrected chi connectivity index (χ2v) is 7.56. The largest absolute Gasteiger partial charge is 0.356 e. The summed E-state index contributed by atoms with van der Waals surface area (Å²) in [4.78, 5) is 0. The Morgan fingerprint density at radius 3 is 0.967 bits per heavy atom. The van der Waals surface area contributed by atoms with E-state index in [1.165, 1.54) is 22.3 Å². The molecule has 0 saturated carbocycles. The zero-order chi connectivity index (χ0) is 20.8. The highest BCUT2D eigenvalue weighted by Crippen LogP contribution is 2.20. The van der Waals surface area contributed by atoms with Gasteiger partial charge >= 0.3 is 0 Å². The minimum Gasteiger partial charge on any atom is -0.356 e. The van der Waals surface area contributed by atoms with Crippen molar-refractivity contribution in [3.63, 3.8) is 0 Å². The summed E-state index contributed by atoms with van der Waals surface area (Å²) < 4.78 is 0. The minimum absolute atomic E-state index is 1.09. The lowest BCUT2D eigenvalue weighted by Gasteiger charge is -2.07. The minimum atomic E-state index is 1.09. The number of nitrogens with one attached hydrogen (secondary N) is 2. The lowest BCUT2D eigenvalue weighted by molar-refractivity contribution is 1.45. The Morgan fingerprint density at radius 1 is 0.400 bits per heavy atom. The highest BCUT2D eigenvalue weighted by molar-refractivity contribution is 5.72. The number of rotatable bonds is 6. The Balaban J connectivity index is 1.36. The van der Waals surface area contributed by atoms with Crippen LogP contribution in [0.3, 0.4) is 0 Å². The zero-order valence-electron chi connectivity index (χ0n) is 17.4. The van der Waals surface area contributed by atoms with Gasteiger partial charge in [-0.15, -0.1) is 0 Å². The molecule has 0 aliphatic heterocycles. The molecule has 0 aromatic heterocycles. The van der Waals surface area contributed by atoms with Gasteiger partial charge in [0.05, 0.1) is 0 Å². The van der Waals surface area contributed by atoms with Gasteiger partial charge in [0.1, 0.15) is 0 Å². The van der Waals surface area contributed by atoms with Crippen molar-refractivity contribution in [2.75, 3.05) is 10.6 Å². The van der Waals surface area contributed by atoms with E-state index in [1.54, 1.807) is 0 Å². The van der Waals surface area contributed by atoms with Crippen LogP contribution in [0.2, 0.25) is 0 Å². The topological polar surface area (TPSA) is 24.1 Å². The van der Waals surface area contributed by atoms with Crippen molar-refractivity contribution < 1.29 is 0 Å². The molecule has 2 nitrogen and oxygen atoms in total. The fourth-order valence-electron chi connectivity index (χ4n) is 3.15. The van der Waals surface area contributed by atoms with E-state index in [9.17, 15) is 0 Å². The first-order valence-corrected chi connectivity index (χ1v) is 10.2. The van der Waals surface area contributed by atoms with E-state index in [0.29, 0.717) is 0 Å². The lowest BCUT2D eigenvalue weighted by atomic mass is 10.1. The Kier molecular flexibility index (Phi) is 5.95. The summed E-state index contributed by atoms with van der Waals surface area (Å²) in [5.41, 5.74) is 9.24. The molecule has 0 amide bonds. The molecule has 0 saturated heterocycles. The van der Waals surface area contributed by atoms with Crippen LogP contribution in [0.15, 0.2) is 97.1 Å². The van der Waals surface area contributed by atoms with Crippen molar-refractivity contribution in [1.29, 1.82) is 0 Å². The molecule has 0 heterocycles. The fraction of sp³-hybridized carbons (Fsp3) is 0.0714. The van der Waals surface area contributed by atoms with Crippen molar-refractivity contribution >= 4 is 34.9 Å². The van der Waals surface area contributed by atoms with E-state index < -0.39 is 0 Å². The molecule has 4 aromatic rings. The van der Waals surface area contributed by atoms with Gasteiger partial charge in [-0.05, 0) is 73.5 Å². The van der Waals surface area contributed by atoms with E-state index in [0.717, 1.165) is 22.7 Å². The van der Waals surface area contributed by atoms with Gasteiger partial charge in [0.2, 0.25) is 0 Å². The van der Waals surface area contributed by atoms with Crippen LogP contribution in [0.25, 0.3) is 12.2 Å². The Bertz CT molecular complexity index is 1010. The number of aryl methyl sites for hydroxylation is 2. The number of benzene rings is 4. The molecule has 0 atom stereocenters. The molecule has 4 rings (SSSR count). The van der Waals surface area contributed by atoms with Crippen LogP contribution >= 0.6 is 0 Å². The molecule has 0 spiro atoms. The van der Waals surface area contributed by atoms with Crippen LogP contribution in [0.4, 0.5) is 22.7 Å².